The Hall–Kier alpha value is -1.75. The van der Waals surface area contributed by atoms with Gasteiger partial charge in [0.25, 0.3) is 0 Å². The molecular weight excluding hydrogens is 280 g/mol. The molecule has 0 radical (unpaired) electrons. The number of benzene rings is 1. The first-order chi connectivity index (χ1) is 10.6. The van der Waals surface area contributed by atoms with Gasteiger partial charge < -0.3 is 14.8 Å². The molecule has 22 heavy (non-hydrogen) atoms. The summed E-state index contributed by atoms with van der Waals surface area (Å²) in [5, 5.41) is 2.91. The number of nitrogens with one attached hydrogen (secondary N) is 1. The third kappa shape index (κ3) is 3.35. The summed E-state index contributed by atoms with van der Waals surface area (Å²) in [5.41, 5.74) is 1.09. The lowest BCUT2D eigenvalue weighted by molar-refractivity contribution is -0.126. The van der Waals surface area contributed by atoms with Gasteiger partial charge >= 0.3 is 0 Å². The van der Waals surface area contributed by atoms with Gasteiger partial charge in [0.1, 0.15) is 11.5 Å². The maximum absolute atomic E-state index is 12.2. The topological polar surface area (TPSA) is 50.8 Å². The van der Waals surface area contributed by atoms with Gasteiger partial charge in [0.2, 0.25) is 5.91 Å². The zero-order valence-corrected chi connectivity index (χ0v) is 13.9. The lowest BCUT2D eigenvalue weighted by Gasteiger charge is -2.31. The molecule has 0 unspecified atom stereocenters. The Morgan fingerprint density at radius 2 is 2.18 bits per heavy atom. The van der Waals surface area contributed by atoms with Gasteiger partial charge in [0, 0.05) is 18.2 Å². The molecule has 0 bridgehead atoms. The van der Waals surface area contributed by atoms with E-state index in [0.29, 0.717) is 6.54 Å². The van der Waals surface area contributed by atoms with Crippen molar-refractivity contribution in [2.75, 3.05) is 27.3 Å². The van der Waals surface area contributed by atoms with Gasteiger partial charge in [-0.3, -0.25) is 9.69 Å². The number of likely N-dealkylation sites (tertiary alicyclic amines) is 1. The van der Waals surface area contributed by atoms with Crippen LogP contribution in [0.5, 0.6) is 11.5 Å². The van der Waals surface area contributed by atoms with Crippen LogP contribution >= 0.6 is 0 Å². The fraction of sp³-hybridized carbons (Fsp3) is 0.588. The molecule has 1 aliphatic rings. The summed E-state index contributed by atoms with van der Waals surface area (Å²) in [4.78, 5) is 14.4. The zero-order chi connectivity index (χ0) is 16.1. The first-order valence-electron chi connectivity index (χ1n) is 7.87. The second-order valence-corrected chi connectivity index (χ2v) is 5.57. The minimum absolute atomic E-state index is 0.0799. The van der Waals surface area contributed by atoms with Crippen LogP contribution in [-0.2, 0) is 4.79 Å². The van der Waals surface area contributed by atoms with E-state index in [9.17, 15) is 4.79 Å². The van der Waals surface area contributed by atoms with E-state index in [1.54, 1.807) is 14.2 Å². The van der Waals surface area contributed by atoms with Crippen molar-refractivity contribution >= 4 is 5.91 Å². The van der Waals surface area contributed by atoms with Crippen molar-refractivity contribution in [3.8, 4) is 11.5 Å². The van der Waals surface area contributed by atoms with E-state index in [1.165, 1.54) is 0 Å². The number of ether oxygens (including phenoxy) is 2. The van der Waals surface area contributed by atoms with E-state index >= 15 is 0 Å². The average Bonchev–Trinajstić information content (AvgIpc) is 3.03. The predicted molar refractivity (Wildman–Crippen MR) is 86.4 cm³/mol. The molecular formula is C17H26N2O3. The number of nitrogens with zero attached hydrogens (tertiary/aromatic N) is 1. The number of methoxy groups -OCH3 is 2. The standard InChI is InChI=1S/C17H26N2O3/c1-5-18-17(20)12(2)19-10-6-7-15(19)14-11-13(21-3)8-9-16(14)22-4/h8-9,11-12,15H,5-7,10H2,1-4H3,(H,18,20)/t12-,15+/m0/s1. The molecule has 2 atom stereocenters. The molecule has 1 aromatic rings. The van der Waals surface area contributed by atoms with E-state index < -0.39 is 0 Å². The van der Waals surface area contributed by atoms with Gasteiger partial charge in [0.15, 0.2) is 0 Å². The Kier molecular flexibility index (Phi) is 5.66. The largest absolute Gasteiger partial charge is 0.497 e. The molecule has 1 fully saturated rings. The fourth-order valence-electron chi connectivity index (χ4n) is 3.16. The highest BCUT2D eigenvalue weighted by atomic mass is 16.5. The van der Waals surface area contributed by atoms with E-state index in [1.807, 2.05) is 32.0 Å². The molecule has 0 saturated carbocycles. The SMILES string of the molecule is CCNC(=O)[C@H](C)N1CCC[C@@H]1c1cc(OC)ccc1OC. The first kappa shape index (κ1) is 16.6. The quantitative estimate of drug-likeness (QED) is 0.876. The predicted octanol–water partition coefficient (Wildman–Crippen LogP) is 2.37. The molecule has 1 N–H and O–H groups in total. The molecule has 0 aromatic heterocycles. The molecule has 1 amide bonds. The smallest absolute Gasteiger partial charge is 0.237 e. The average molecular weight is 306 g/mol. The van der Waals surface area contributed by atoms with Crippen LogP contribution in [0.1, 0.15) is 38.3 Å². The maximum Gasteiger partial charge on any atom is 0.237 e. The summed E-state index contributed by atoms with van der Waals surface area (Å²) < 4.78 is 10.9. The second-order valence-electron chi connectivity index (χ2n) is 5.57. The Labute approximate surface area is 132 Å². The van der Waals surface area contributed by atoms with Gasteiger partial charge in [-0.05, 0) is 51.4 Å². The van der Waals surface area contributed by atoms with Crippen LogP contribution in [0, 0.1) is 0 Å². The lowest BCUT2D eigenvalue weighted by Crippen LogP contribution is -2.44. The fourth-order valence-corrected chi connectivity index (χ4v) is 3.16. The maximum atomic E-state index is 12.2. The monoisotopic (exact) mass is 306 g/mol. The molecule has 1 heterocycles. The number of amides is 1. The number of hydrogen-bond acceptors (Lipinski definition) is 4. The Morgan fingerprint density at radius 1 is 1.41 bits per heavy atom. The number of carbonyl (C=O) groups excluding carboxylic acids is 1. The summed E-state index contributed by atoms with van der Waals surface area (Å²) in [6.07, 6.45) is 2.10. The van der Waals surface area contributed by atoms with E-state index in [4.69, 9.17) is 9.47 Å². The van der Waals surface area contributed by atoms with Crippen LogP contribution < -0.4 is 14.8 Å². The van der Waals surface area contributed by atoms with Crippen molar-refractivity contribution in [2.45, 2.75) is 38.8 Å². The Balaban J connectivity index is 2.28. The van der Waals surface area contributed by atoms with E-state index in [2.05, 4.69) is 10.2 Å². The van der Waals surface area contributed by atoms with Gasteiger partial charge in [-0.1, -0.05) is 0 Å². The van der Waals surface area contributed by atoms with E-state index in [-0.39, 0.29) is 18.0 Å². The summed E-state index contributed by atoms with van der Waals surface area (Å²) in [7, 11) is 3.34. The molecule has 1 saturated heterocycles. The molecule has 5 heteroatoms. The molecule has 1 aliphatic heterocycles. The molecule has 5 nitrogen and oxygen atoms in total. The van der Waals surface area contributed by atoms with Crippen molar-refractivity contribution in [3.63, 3.8) is 0 Å². The number of carbonyl (C=O) groups is 1. The normalized spacial score (nSPS) is 19.7. The van der Waals surface area contributed by atoms with E-state index in [0.717, 1.165) is 36.4 Å². The van der Waals surface area contributed by atoms with Crippen LogP contribution in [0.3, 0.4) is 0 Å². The molecule has 2 rings (SSSR count). The van der Waals surface area contributed by atoms with Gasteiger partial charge in [-0.25, -0.2) is 0 Å². The highest BCUT2D eigenvalue weighted by Crippen LogP contribution is 2.39. The van der Waals surface area contributed by atoms with Gasteiger partial charge in [-0.15, -0.1) is 0 Å². The van der Waals surface area contributed by atoms with Crippen LogP contribution in [0.25, 0.3) is 0 Å². The first-order valence-corrected chi connectivity index (χ1v) is 7.87. The third-order valence-electron chi connectivity index (χ3n) is 4.32. The van der Waals surface area contributed by atoms with Crippen LogP contribution in [0.15, 0.2) is 18.2 Å². The van der Waals surface area contributed by atoms with Crippen molar-refractivity contribution in [2.24, 2.45) is 0 Å². The molecule has 1 aromatic carbocycles. The minimum Gasteiger partial charge on any atom is -0.497 e. The number of likely N-dealkylation sites (N-methyl/N-ethyl adjacent to an activating group) is 1. The molecule has 0 aliphatic carbocycles. The van der Waals surface area contributed by atoms with Crippen molar-refractivity contribution in [1.29, 1.82) is 0 Å². The number of hydrogen-bond donors (Lipinski definition) is 1. The van der Waals surface area contributed by atoms with Crippen molar-refractivity contribution in [3.05, 3.63) is 23.8 Å². The summed E-state index contributed by atoms with van der Waals surface area (Å²) >= 11 is 0. The van der Waals surface area contributed by atoms with Gasteiger partial charge in [-0.2, -0.15) is 0 Å². The zero-order valence-electron chi connectivity index (χ0n) is 13.9. The second kappa shape index (κ2) is 7.49. The molecule has 0 spiro atoms. The molecule has 122 valence electrons. The third-order valence-corrected chi connectivity index (χ3v) is 4.32. The Morgan fingerprint density at radius 3 is 2.82 bits per heavy atom. The minimum atomic E-state index is -0.150. The summed E-state index contributed by atoms with van der Waals surface area (Å²) in [6, 6.07) is 5.88. The van der Waals surface area contributed by atoms with Gasteiger partial charge in [0.05, 0.1) is 20.3 Å². The van der Waals surface area contributed by atoms with Crippen molar-refractivity contribution in [1.82, 2.24) is 10.2 Å². The lowest BCUT2D eigenvalue weighted by atomic mass is 10.0. The summed E-state index contributed by atoms with van der Waals surface area (Å²) in [6.45, 7) is 5.49. The van der Waals surface area contributed by atoms with Crippen LogP contribution in [0.2, 0.25) is 0 Å². The highest BCUT2D eigenvalue weighted by Gasteiger charge is 2.34. The van der Waals surface area contributed by atoms with Crippen molar-refractivity contribution < 1.29 is 14.3 Å². The van der Waals surface area contributed by atoms with Crippen LogP contribution in [0.4, 0.5) is 0 Å². The Bertz CT molecular complexity index is 519. The highest BCUT2D eigenvalue weighted by molar-refractivity contribution is 5.81. The summed E-state index contributed by atoms with van der Waals surface area (Å²) in [5.74, 6) is 1.74. The number of rotatable bonds is 6. The van der Waals surface area contributed by atoms with Crippen LogP contribution in [-0.4, -0.2) is 44.2 Å².